The third kappa shape index (κ3) is 8.75. The normalized spacial score (nSPS) is 11.4. The van der Waals surface area contributed by atoms with E-state index >= 15 is 0 Å². The molecule has 0 aliphatic carbocycles. The van der Waals surface area contributed by atoms with Gasteiger partial charge in [-0.05, 0) is 47.9 Å². The van der Waals surface area contributed by atoms with E-state index in [0.29, 0.717) is 37.5 Å². The number of nitrogens with two attached hydrogens (primary N) is 1. The summed E-state index contributed by atoms with van der Waals surface area (Å²) in [5, 5.41) is 0. The molecule has 176 valence electrons. The highest BCUT2D eigenvalue weighted by Gasteiger charge is 2.28. The van der Waals surface area contributed by atoms with E-state index in [-0.39, 0.29) is 5.56 Å². The summed E-state index contributed by atoms with van der Waals surface area (Å²) in [5.74, 6) is 1.33. The third-order valence-electron chi connectivity index (χ3n) is 5.03. The molecule has 0 heterocycles. The van der Waals surface area contributed by atoms with Gasteiger partial charge in [-0.3, -0.25) is 9.36 Å². The van der Waals surface area contributed by atoms with E-state index in [1.807, 2.05) is 24.3 Å². The first-order chi connectivity index (χ1) is 15.3. The lowest BCUT2D eigenvalue weighted by molar-refractivity contribution is 0.104. The molecular formula is C24H34NO6P. The Morgan fingerprint density at radius 1 is 0.938 bits per heavy atom. The van der Waals surface area contributed by atoms with Crippen molar-refractivity contribution in [3.63, 3.8) is 0 Å². The minimum atomic E-state index is -4.86. The Balaban J connectivity index is 2.01. The number of hydrogen-bond acceptors (Lipinski definition) is 5. The van der Waals surface area contributed by atoms with Gasteiger partial charge in [0.05, 0.1) is 6.61 Å². The Morgan fingerprint density at radius 3 is 2.28 bits per heavy atom. The maximum atomic E-state index is 12.0. The zero-order valence-corrected chi connectivity index (χ0v) is 19.6. The molecule has 0 bridgehead atoms. The van der Waals surface area contributed by atoms with Crippen molar-refractivity contribution in [2.75, 3.05) is 19.8 Å². The number of carbonyl (C=O) groups is 1. The van der Waals surface area contributed by atoms with Crippen LogP contribution in [-0.2, 0) is 11.0 Å². The molecule has 2 aromatic carbocycles. The van der Waals surface area contributed by atoms with Gasteiger partial charge in [0.1, 0.15) is 18.1 Å². The molecular weight excluding hydrogens is 429 g/mol. The summed E-state index contributed by atoms with van der Waals surface area (Å²) in [6, 6.07) is 12.0. The van der Waals surface area contributed by atoms with Crippen LogP contribution in [0.2, 0.25) is 0 Å². The Kier molecular flexibility index (Phi) is 10.9. The fourth-order valence-corrected chi connectivity index (χ4v) is 3.80. The molecule has 0 amide bonds. The summed E-state index contributed by atoms with van der Waals surface area (Å²) in [6.45, 7) is 3.52. The zero-order valence-electron chi connectivity index (χ0n) is 18.7. The molecule has 0 saturated heterocycles. The van der Waals surface area contributed by atoms with Crippen LogP contribution >= 0.6 is 7.60 Å². The van der Waals surface area contributed by atoms with Gasteiger partial charge in [0.15, 0.2) is 0 Å². The highest BCUT2D eigenvalue weighted by Crippen LogP contribution is 2.40. The number of ether oxygens (including phenoxy) is 2. The van der Waals surface area contributed by atoms with Gasteiger partial charge in [-0.25, -0.2) is 0 Å². The van der Waals surface area contributed by atoms with E-state index in [4.69, 9.17) is 15.2 Å². The van der Waals surface area contributed by atoms with E-state index in [1.165, 1.54) is 44.2 Å². The van der Waals surface area contributed by atoms with Crippen LogP contribution in [0.1, 0.15) is 66.9 Å². The van der Waals surface area contributed by atoms with Crippen molar-refractivity contribution >= 4 is 13.1 Å². The maximum Gasteiger partial charge on any atom is 0.396 e. The lowest BCUT2D eigenvalue weighted by Gasteiger charge is -2.13. The van der Waals surface area contributed by atoms with Gasteiger partial charge in [0, 0.05) is 18.5 Å². The van der Waals surface area contributed by atoms with E-state index in [1.54, 1.807) is 6.07 Å². The molecule has 0 radical (unpaired) electrons. The quantitative estimate of drug-likeness (QED) is 0.259. The lowest BCUT2D eigenvalue weighted by atomic mass is 10.0. The van der Waals surface area contributed by atoms with E-state index in [2.05, 4.69) is 6.92 Å². The highest BCUT2D eigenvalue weighted by molar-refractivity contribution is 7.70. The molecule has 0 saturated carbocycles. The van der Waals surface area contributed by atoms with Gasteiger partial charge < -0.3 is 25.0 Å². The SMILES string of the molecule is CCCCCCCCOc1ccc(Cc2cc(C(=O)P(=O)(O)O)ccc2OCCN)cc1. The largest absolute Gasteiger partial charge is 0.494 e. The van der Waals surface area contributed by atoms with Gasteiger partial charge in [-0.15, -0.1) is 0 Å². The Labute approximate surface area is 190 Å². The minimum Gasteiger partial charge on any atom is -0.494 e. The molecule has 8 heteroatoms. The van der Waals surface area contributed by atoms with Gasteiger partial charge in [0.25, 0.3) is 5.52 Å². The molecule has 2 rings (SSSR count). The summed E-state index contributed by atoms with van der Waals surface area (Å²) in [5.41, 5.74) is 5.87. The molecule has 2 aromatic rings. The van der Waals surface area contributed by atoms with Crippen LogP contribution in [0.4, 0.5) is 0 Å². The summed E-state index contributed by atoms with van der Waals surface area (Å²) >= 11 is 0. The monoisotopic (exact) mass is 463 g/mol. The molecule has 7 nitrogen and oxygen atoms in total. The Bertz CT molecular complexity index is 894. The average Bonchev–Trinajstić information content (AvgIpc) is 2.77. The molecule has 4 N–H and O–H groups in total. The molecule has 0 atom stereocenters. The van der Waals surface area contributed by atoms with Gasteiger partial charge >= 0.3 is 7.60 Å². The van der Waals surface area contributed by atoms with Crippen LogP contribution in [-0.4, -0.2) is 35.1 Å². The standard InChI is InChI=1S/C24H34NO6P/c1-2-3-4-5-6-7-15-30-22-11-8-19(9-12-22)17-21-18-20(24(26)32(27,28)29)10-13-23(21)31-16-14-25/h8-13,18H,2-7,14-17,25H2,1H3,(H2,27,28,29). The predicted molar refractivity (Wildman–Crippen MR) is 125 cm³/mol. The smallest absolute Gasteiger partial charge is 0.396 e. The van der Waals surface area contributed by atoms with Gasteiger partial charge in [-0.1, -0.05) is 51.2 Å². The molecule has 0 spiro atoms. The molecule has 0 aromatic heterocycles. The summed E-state index contributed by atoms with van der Waals surface area (Å²) in [6.07, 6.45) is 7.70. The van der Waals surface area contributed by atoms with Gasteiger partial charge in [-0.2, -0.15) is 0 Å². The van der Waals surface area contributed by atoms with Gasteiger partial charge in [0.2, 0.25) is 0 Å². The van der Waals surface area contributed by atoms with Crippen LogP contribution < -0.4 is 15.2 Å². The molecule has 0 fully saturated rings. The first-order valence-electron chi connectivity index (χ1n) is 11.1. The Morgan fingerprint density at radius 2 is 1.62 bits per heavy atom. The van der Waals surface area contributed by atoms with Crippen molar-refractivity contribution in [1.29, 1.82) is 0 Å². The number of carbonyl (C=O) groups excluding carboxylic acids is 1. The number of benzene rings is 2. The lowest BCUT2D eigenvalue weighted by Crippen LogP contribution is -2.12. The zero-order chi connectivity index (χ0) is 23.4. The van der Waals surface area contributed by atoms with Crippen molar-refractivity contribution in [2.24, 2.45) is 5.73 Å². The van der Waals surface area contributed by atoms with Crippen LogP contribution in [0, 0.1) is 0 Å². The topological polar surface area (TPSA) is 119 Å². The average molecular weight is 464 g/mol. The third-order valence-corrected chi connectivity index (χ3v) is 5.82. The second-order valence-electron chi connectivity index (χ2n) is 7.75. The van der Waals surface area contributed by atoms with Crippen molar-refractivity contribution in [1.82, 2.24) is 0 Å². The summed E-state index contributed by atoms with van der Waals surface area (Å²) in [4.78, 5) is 30.4. The van der Waals surface area contributed by atoms with Crippen LogP contribution in [0.3, 0.4) is 0 Å². The Hall–Kier alpha value is -2.18. The fraction of sp³-hybridized carbons (Fsp3) is 0.458. The first kappa shape index (κ1) is 26.1. The predicted octanol–water partition coefficient (Wildman–Crippen LogP) is 4.67. The number of hydrogen-bond donors (Lipinski definition) is 3. The molecule has 32 heavy (non-hydrogen) atoms. The minimum absolute atomic E-state index is 0.0488. The molecule has 0 aliphatic rings. The van der Waals surface area contributed by atoms with Crippen molar-refractivity contribution in [3.05, 3.63) is 59.2 Å². The second-order valence-corrected chi connectivity index (χ2v) is 9.24. The number of unbranched alkanes of at least 4 members (excludes halogenated alkanes) is 5. The van der Waals surface area contributed by atoms with E-state index in [0.717, 1.165) is 17.7 Å². The van der Waals surface area contributed by atoms with Crippen molar-refractivity contribution in [2.45, 2.75) is 51.9 Å². The van der Waals surface area contributed by atoms with Crippen LogP contribution in [0.25, 0.3) is 0 Å². The first-order valence-corrected chi connectivity index (χ1v) is 12.7. The molecule has 0 unspecified atom stereocenters. The van der Waals surface area contributed by atoms with E-state index < -0.39 is 13.1 Å². The highest BCUT2D eigenvalue weighted by atomic mass is 31.2. The second kappa shape index (κ2) is 13.4. The number of rotatable bonds is 15. The van der Waals surface area contributed by atoms with E-state index in [9.17, 15) is 19.1 Å². The van der Waals surface area contributed by atoms with Crippen LogP contribution in [0.15, 0.2) is 42.5 Å². The fourth-order valence-electron chi connectivity index (χ4n) is 3.32. The summed E-state index contributed by atoms with van der Waals surface area (Å²) in [7, 11) is -4.86. The molecule has 0 aliphatic heterocycles. The maximum absolute atomic E-state index is 12.0. The summed E-state index contributed by atoms with van der Waals surface area (Å²) < 4.78 is 22.8. The van der Waals surface area contributed by atoms with Crippen molar-refractivity contribution < 1.29 is 28.6 Å². The van der Waals surface area contributed by atoms with Crippen molar-refractivity contribution in [3.8, 4) is 11.5 Å². The van der Waals surface area contributed by atoms with Crippen LogP contribution in [0.5, 0.6) is 11.5 Å².